The molecule has 0 aliphatic rings. The third-order valence-electron chi connectivity index (χ3n) is 3.08. The van der Waals surface area contributed by atoms with Crippen LogP contribution >= 0.6 is 12.2 Å². The average Bonchev–Trinajstić information content (AvgIpc) is 2.59. The predicted molar refractivity (Wildman–Crippen MR) is 96.1 cm³/mol. The minimum Gasteiger partial charge on any atom is -0.497 e. The molecule has 0 unspecified atom stereocenters. The molecular weight excluding hydrogens is 308 g/mol. The van der Waals surface area contributed by atoms with E-state index < -0.39 is 0 Å². The molecule has 0 radical (unpaired) electrons. The number of carbonyl (C=O) groups excluding carboxylic acids is 1. The first-order valence-electron chi connectivity index (χ1n) is 7.12. The van der Waals surface area contributed by atoms with E-state index in [1.165, 1.54) is 6.08 Å². The summed E-state index contributed by atoms with van der Waals surface area (Å²) in [7, 11) is 1.61. The van der Waals surface area contributed by atoms with Crippen LogP contribution in [-0.2, 0) is 11.3 Å². The molecule has 5 heteroatoms. The van der Waals surface area contributed by atoms with E-state index in [2.05, 4.69) is 10.6 Å². The lowest BCUT2D eigenvalue weighted by molar-refractivity contribution is -0.115. The molecule has 2 aromatic carbocycles. The Kier molecular flexibility index (Phi) is 6.32. The molecule has 0 bridgehead atoms. The van der Waals surface area contributed by atoms with Crippen LogP contribution in [0.2, 0.25) is 0 Å². The number of thiocarbonyl (C=S) groups is 1. The van der Waals surface area contributed by atoms with Gasteiger partial charge in [-0.05, 0) is 41.6 Å². The molecule has 2 aromatic rings. The first kappa shape index (κ1) is 16.7. The van der Waals surface area contributed by atoms with Gasteiger partial charge < -0.3 is 10.1 Å². The molecule has 0 saturated carbocycles. The van der Waals surface area contributed by atoms with Crippen molar-refractivity contribution in [2.24, 2.45) is 0 Å². The fourth-order valence-electron chi connectivity index (χ4n) is 1.86. The molecular formula is C18H18N2O2S. The summed E-state index contributed by atoms with van der Waals surface area (Å²) in [6.45, 7) is 0.572. The highest BCUT2D eigenvalue weighted by molar-refractivity contribution is 7.80. The first-order valence-corrected chi connectivity index (χ1v) is 7.53. The largest absolute Gasteiger partial charge is 0.497 e. The van der Waals surface area contributed by atoms with Crippen molar-refractivity contribution < 1.29 is 9.53 Å². The van der Waals surface area contributed by atoms with Crippen LogP contribution in [0.4, 0.5) is 0 Å². The van der Waals surface area contributed by atoms with Gasteiger partial charge in [0.25, 0.3) is 0 Å². The van der Waals surface area contributed by atoms with Crippen LogP contribution in [0.15, 0.2) is 60.7 Å². The number of ether oxygens (including phenoxy) is 1. The Morgan fingerprint density at radius 2 is 1.83 bits per heavy atom. The van der Waals surface area contributed by atoms with Crippen molar-refractivity contribution in [3.8, 4) is 5.75 Å². The lowest BCUT2D eigenvalue weighted by Gasteiger charge is -2.08. The number of hydrogen-bond donors (Lipinski definition) is 2. The lowest BCUT2D eigenvalue weighted by atomic mass is 10.2. The van der Waals surface area contributed by atoms with Crippen molar-refractivity contribution in [1.29, 1.82) is 0 Å². The van der Waals surface area contributed by atoms with Gasteiger partial charge in [-0.3, -0.25) is 10.1 Å². The third-order valence-corrected chi connectivity index (χ3v) is 3.32. The fraction of sp³-hybridized carbons (Fsp3) is 0.111. The molecule has 2 N–H and O–H groups in total. The fourth-order valence-corrected chi connectivity index (χ4v) is 2.04. The van der Waals surface area contributed by atoms with Crippen LogP contribution in [0.3, 0.4) is 0 Å². The zero-order valence-corrected chi connectivity index (χ0v) is 13.6. The summed E-state index contributed by atoms with van der Waals surface area (Å²) in [6, 6.07) is 17.2. The average molecular weight is 326 g/mol. The topological polar surface area (TPSA) is 50.4 Å². The van der Waals surface area contributed by atoms with E-state index in [0.29, 0.717) is 11.7 Å². The standard InChI is InChI=1S/C18H18N2O2S/c1-22-16-10-7-14(8-11-16)9-12-17(21)20-18(23)19-13-15-5-3-2-4-6-15/h2-12H,13H2,1H3,(H2,19,20,21,23). The number of carbonyl (C=O) groups is 1. The van der Waals surface area contributed by atoms with Crippen molar-refractivity contribution >= 4 is 29.3 Å². The summed E-state index contributed by atoms with van der Waals surface area (Å²) in [5, 5.41) is 5.91. The van der Waals surface area contributed by atoms with Crippen LogP contribution < -0.4 is 15.4 Å². The monoisotopic (exact) mass is 326 g/mol. The molecule has 4 nitrogen and oxygen atoms in total. The van der Waals surface area contributed by atoms with E-state index in [0.717, 1.165) is 16.9 Å². The van der Waals surface area contributed by atoms with Gasteiger partial charge in [0.05, 0.1) is 7.11 Å². The number of nitrogens with one attached hydrogen (secondary N) is 2. The van der Waals surface area contributed by atoms with Crippen molar-refractivity contribution in [3.63, 3.8) is 0 Å². The molecule has 2 rings (SSSR count). The molecule has 0 atom stereocenters. The zero-order chi connectivity index (χ0) is 16.5. The van der Waals surface area contributed by atoms with Crippen molar-refractivity contribution in [2.45, 2.75) is 6.54 Å². The maximum Gasteiger partial charge on any atom is 0.250 e. The van der Waals surface area contributed by atoms with E-state index in [1.54, 1.807) is 13.2 Å². The summed E-state index contributed by atoms with van der Waals surface area (Å²) in [6.07, 6.45) is 3.16. The highest BCUT2D eigenvalue weighted by atomic mass is 32.1. The van der Waals surface area contributed by atoms with E-state index in [-0.39, 0.29) is 5.91 Å². The molecule has 0 aliphatic heterocycles. The van der Waals surface area contributed by atoms with Gasteiger partial charge in [0, 0.05) is 12.6 Å². The van der Waals surface area contributed by atoms with Crippen LogP contribution in [0.1, 0.15) is 11.1 Å². The number of benzene rings is 2. The molecule has 0 saturated heterocycles. The summed E-state index contributed by atoms with van der Waals surface area (Å²) < 4.78 is 5.08. The maximum atomic E-state index is 11.8. The summed E-state index contributed by atoms with van der Waals surface area (Å²) >= 11 is 5.10. The van der Waals surface area contributed by atoms with Crippen LogP contribution in [0.25, 0.3) is 6.08 Å². The van der Waals surface area contributed by atoms with Crippen LogP contribution in [0.5, 0.6) is 5.75 Å². The summed E-state index contributed by atoms with van der Waals surface area (Å²) in [5.74, 6) is 0.504. The van der Waals surface area contributed by atoms with Crippen molar-refractivity contribution in [2.75, 3.05) is 7.11 Å². The first-order chi connectivity index (χ1) is 11.2. The number of rotatable bonds is 5. The lowest BCUT2D eigenvalue weighted by Crippen LogP contribution is -2.37. The van der Waals surface area contributed by atoms with Crippen molar-refractivity contribution in [3.05, 3.63) is 71.8 Å². The minimum atomic E-state index is -0.272. The minimum absolute atomic E-state index is 0.272. The molecule has 118 valence electrons. The Morgan fingerprint density at radius 1 is 1.13 bits per heavy atom. The van der Waals surface area contributed by atoms with Gasteiger partial charge in [-0.2, -0.15) is 0 Å². The molecule has 0 heterocycles. The Bertz CT molecular complexity index is 682. The SMILES string of the molecule is COc1ccc(C=CC(=O)NC(=S)NCc2ccccc2)cc1. The number of methoxy groups -OCH3 is 1. The van der Waals surface area contributed by atoms with E-state index in [1.807, 2.05) is 54.6 Å². The Labute approximate surface area is 141 Å². The van der Waals surface area contributed by atoms with Gasteiger partial charge in [0.15, 0.2) is 5.11 Å². The number of hydrogen-bond acceptors (Lipinski definition) is 3. The number of amides is 1. The molecule has 0 spiro atoms. The molecule has 1 amide bonds. The highest BCUT2D eigenvalue weighted by Gasteiger charge is 2.00. The summed E-state index contributed by atoms with van der Waals surface area (Å²) in [4.78, 5) is 11.8. The van der Waals surface area contributed by atoms with Crippen LogP contribution in [-0.4, -0.2) is 18.1 Å². The Morgan fingerprint density at radius 3 is 2.48 bits per heavy atom. The predicted octanol–water partition coefficient (Wildman–Crippen LogP) is 2.90. The smallest absolute Gasteiger partial charge is 0.250 e. The van der Waals surface area contributed by atoms with E-state index >= 15 is 0 Å². The molecule has 0 aromatic heterocycles. The van der Waals surface area contributed by atoms with Gasteiger partial charge in [-0.15, -0.1) is 0 Å². The van der Waals surface area contributed by atoms with Gasteiger partial charge in [0.2, 0.25) is 5.91 Å². The second kappa shape index (κ2) is 8.70. The normalized spacial score (nSPS) is 10.3. The van der Waals surface area contributed by atoms with Gasteiger partial charge in [0.1, 0.15) is 5.75 Å². The van der Waals surface area contributed by atoms with Gasteiger partial charge in [-0.1, -0.05) is 42.5 Å². The highest BCUT2D eigenvalue weighted by Crippen LogP contribution is 2.12. The second-order valence-electron chi connectivity index (χ2n) is 4.76. The Balaban J connectivity index is 1.79. The van der Waals surface area contributed by atoms with Crippen LogP contribution in [0, 0.1) is 0 Å². The zero-order valence-electron chi connectivity index (χ0n) is 12.8. The second-order valence-corrected chi connectivity index (χ2v) is 5.17. The van der Waals surface area contributed by atoms with E-state index in [4.69, 9.17) is 17.0 Å². The maximum absolute atomic E-state index is 11.8. The third kappa shape index (κ3) is 5.92. The summed E-state index contributed by atoms with van der Waals surface area (Å²) in [5.41, 5.74) is 2.00. The van der Waals surface area contributed by atoms with Gasteiger partial charge >= 0.3 is 0 Å². The molecule has 23 heavy (non-hydrogen) atoms. The Hall–Kier alpha value is -2.66. The van der Waals surface area contributed by atoms with E-state index in [9.17, 15) is 4.79 Å². The molecule has 0 fully saturated rings. The quantitative estimate of drug-likeness (QED) is 0.655. The van der Waals surface area contributed by atoms with Crippen molar-refractivity contribution in [1.82, 2.24) is 10.6 Å². The van der Waals surface area contributed by atoms with Gasteiger partial charge in [-0.25, -0.2) is 0 Å². The molecule has 0 aliphatic carbocycles.